The quantitative estimate of drug-likeness (QED) is 0.565. The Morgan fingerprint density at radius 1 is 1.08 bits per heavy atom. The van der Waals surface area contributed by atoms with Crippen molar-refractivity contribution >= 4 is 68.9 Å². The number of fused-ring (bicyclic) bond motifs is 1. The molecule has 0 spiro atoms. The topological polar surface area (TPSA) is 57.5 Å². The van der Waals surface area contributed by atoms with Crippen molar-refractivity contribution in [1.29, 1.82) is 0 Å². The van der Waals surface area contributed by atoms with Gasteiger partial charge >= 0.3 is 0 Å². The maximum atomic E-state index is 10.1. The van der Waals surface area contributed by atoms with E-state index in [9.17, 15) is 5.11 Å². The molecule has 1 aliphatic rings. The largest absolute Gasteiger partial charge is 0.492 e. The van der Waals surface area contributed by atoms with Gasteiger partial charge < -0.3 is 10.4 Å². The number of anilines is 2. The highest BCUT2D eigenvalue weighted by molar-refractivity contribution is 7.16. The Bertz CT molecular complexity index is 1010. The van der Waals surface area contributed by atoms with Gasteiger partial charge in [-0.3, -0.25) is 4.99 Å². The number of benzene rings is 2. The molecule has 4 rings (SSSR count). The Balaban J connectivity index is 1.63. The fourth-order valence-corrected chi connectivity index (χ4v) is 3.87. The average Bonchev–Trinajstić information content (AvgIpc) is 3.11. The number of hydrogen-bond donors (Lipinski definition) is 2. The summed E-state index contributed by atoms with van der Waals surface area (Å²) < 4.78 is 0. The summed E-state index contributed by atoms with van der Waals surface area (Å²) in [6, 6.07) is 13.0. The van der Waals surface area contributed by atoms with Gasteiger partial charge in [-0.25, -0.2) is 0 Å². The summed E-state index contributed by atoms with van der Waals surface area (Å²) >= 11 is 13.3. The number of para-hydroxylation sites is 1. The zero-order chi connectivity index (χ0) is 17.4. The summed E-state index contributed by atoms with van der Waals surface area (Å²) in [5.74, 6) is -0.0362. The Morgan fingerprint density at radius 3 is 2.64 bits per heavy atom. The van der Waals surface area contributed by atoms with E-state index >= 15 is 0 Å². The van der Waals surface area contributed by atoms with Crippen LogP contribution in [0.15, 0.2) is 47.5 Å². The molecule has 0 saturated heterocycles. The minimum absolute atomic E-state index is 0.0362. The SMILES string of the molecule is Oc1nc(Nc2cc(Cl)cc(Cl)c2)sc1C=C1C=Nc2ccccc21. The lowest BCUT2D eigenvalue weighted by Gasteiger charge is -2.03. The average molecular weight is 388 g/mol. The first-order valence-corrected chi connectivity index (χ1v) is 8.94. The maximum Gasteiger partial charge on any atom is 0.231 e. The van der Waals surface area contributed by atoms with Crippen LogP contribution in [-0.2, 0) is 0 Å². The predicted octanol–water partition coefficient (Wildman–Crippen LogP) is 6.16. The van der Waals surface area contributed by atoms with E-state index in [1.807, 2.05) is 30.3 Å². The number of aliphatic imine (C=N–C) groups is 1. The molecule has 2 N–H and O–H groups in total. The number of aromatic nitrogens is 1. The minimum Gasteiger partial charge on any atom is -0.492 e. The highest BCUT2D eigenvalue weighted by Gasteiger charge is 2.14. The minimum atomic E-state index is -0.0362. The molecule has 0 aliphatic carbocycles. The van der Waals surface area contributed by atoms with Crippen molar-refractivity contribution in [3.63, 3.8) is 0 Å². The zero-order valence-corrected chi connectivity index (χ0v) is 15.0. The third-order valence-electron chi connectivity index (χ3n) is 3.59. The lowest BCUT2D eigenvalue weighted by Crippen LogP contribution is -1.88. The van der Waals surface area contributed by atoms with Crippen molar-refractivity contribution in [2.24, 2.45) is 4.99 Å². The van der Waals surface area contributed by atoms with Crippen LogP contribution in [0.3, 0.4) is 0 Å². The number of allylic oxidation sites excluding steroid dienone is 1. The molecule has 3 aromatic rings. The molecule has 2 heterocycles. The number of halogens is 2. The first-order valence-electron chi connectivity index (χ1n) is 7.36. The molecule has 4 nitrogen and oxygen atoms in total. The summed E-state index contributed by atoms with van der Waals surface area (Å²) in [6.07, 6.45) is 3.66. The van der Waals surface area contributed by atoms with Gasteiger partial charge in [-0.1, -0.05) is 52.7 Å². The second kappa shape index (κ2) is 6.52. The number of thiazole rings is 1. The standard InChI is InChI=1S/C18H11Cl2N3OS/c19-11-6-12(20)8-13(7-11)22-18-23-17(24)16(25-18)5-10-9-21-15-4-2-1-3-14(10)15/h1-9,24H,(H,22,23). The normalized spacial score (nSPS) is 14.1. The molecule has 0 bridgehead atoms. The monoisotopic (exact) mass is 387 g/mol. The van der Waals surface area contributed by atoms with Gasteiger partial charge in [0.15, 0.2) is 5.13 Å². The van der Waals surface area contributed by atoms with Crippen molar-refractivity contribution in [3.8, 4) is 5.88 Å². The lowest BCUT2D eigenvalue weighted by atomic mass is 10.1. The highest BCUT2D eigenvalue weighted by Crippen LogP contribution is 2.37. The molecule has 0 saturated carbocycles. The summed E-state index contributed by atoms with van der Waals surface area (Å²) in [7, 11) is 0. The molecule has 124 valence electrons. The van der Waals surface area contributed by atoms with Gasteiger partial charge in [-0.15, -0.1) is 0 Å². The van der Waals surface area contributed by atoms with E-state index in [1.54, 1.807) is 24.4 Å². The van der Waals surface area contributed by atoms with Crippen molar-refractivity contribution in [3.05, 3.63) is 63.0 Å². The smallest absolute Gasteiger partial charge is 0.231 e. The first-order chi connectivity index (χ1) is 12.1. The summed E-state index contributed by atoms with van der Waals surface area (Å²) in [5, 5.41) is 14.8. The van der Waals surface area contributed by atoms with E-state index in [0.717, 1.165) is 16.8 Å². The van der Waals surface area contributed by atoms with Crippen LogP contribution in [0, 0.1) is 0 Å². The van der Waals surface area contributed by atoms with E-state index in [2.05, 4.69) is 15.3 Å². The molecule has 1 aliphatic heterocycles. The number of nitrogens with one attached hydrogen (secondary N) is 1. The van der Waals surface area contributed by atoms with Gasteiger partial charge in [0, 0.05) is 33.1 Å². The number of hydrogen-bond acceptors (Lipinski definition) is 5. The van der Waals surface area contributed by atoms with Gasteiger partial charge in [-0.05, 0) is 30.3 Å². The fraction of sp³-hybridized carbons (Fsp3) is 0. The Kier molecular flexibility index (Phi) is 4.21. The van der Waals surface area contributed by atoms with Crippen LogP contribution in [0.4, 0.5) is 16.5 Å². The molecule has 2 aromatic carbocycles. The first kappa shape index (κ1) is 16.1. The van der Waals surface area contributed by atoms with Crippen LogP contribution in [0.5, 0.6) is 5.88 Å². The second-order valence-corrected chi connectivity index (χ2v) is 7.27. The predicted molar refractivity (Wildman–Crippen MR) is 106 cm³/mol. The highest BCUT2D eigenvalue weighted by atomic mass is 35.5. The van der Waals surface area contributed by atoms with E-state index in [1.165, 1.54) is 11.3 Å². The van der Waals surface area contributed by atoms with E-state index in [4.69, 9.17) is 23.2 Å². The number of aromatic hydroxyl groups is 1. The summed E-state index contributed by atoms with van der Waals surface area (Å²) in [5.41, 5.74) is 3.60. The fourth-order valence-electron chi connectivity index (χ4n) is 2.52. The molecule has 1 aromatic heterocycles. The number of rotatable bonds is 3. The van der Waals surface area contributed by atoms with E-state index in [-0.39, 0.29) is 5.88 Å². The molecule has 0 amide bonds. The Morgan fingerprint density at radius 2 is 1.84 bits per heavy atom. The van der Waals surface area contributed by atoms with Crippen molar-refractivity contribution in [2.45, 2.75) is 0 Å². The van der Waals surface area contributed by atoms with Gasteiger partial charge in [0.05, 0.1) is 10.6 Å². The zero-order valence-electron chi connectivity index (χ0n) is 12.7. The van der Waals surface area contributed by atoms with Crippen molar-refractivity contribution in [2.75, 3.05) is 5.32 Å². The van der Waals surface area contributed by atoms with Crippen LogP contribution >= 0.6 is 34.5 Å². The number of nitrogens with zero attached hydrogens (tertiary/aromatic N) is 2. The van der Waals surface area contributed by atoms with Crippen molar-refractivity contribution in [1.82, 2.24) is 4.98 Å². The molecule has 7 heteroatoms. The molecule has 0 fully saturated rings. The van der Waals surface area contributed by atoms with E-state index < -0.39 is 0 Å². The van der Waals surface area contributed by atoms with Crippen molar-refractivity contribution < 1.29 is 5.11 Å². The van der Waals surface area contributed by atoms with Gasteiger partial charge in [0.25, 0.3) is 0 Å². The summed E-state index contributed by atoms with van der Waals surface area (Å²) in [6.45, 7) is 0. The third-order valence-corrected chi connectivity index (χ3v) is 4.94. The van der Waals surface area contributed by atoms with Crippen LogP contribution in [-0.4, -0.2) is 16.3 Å². The molecule has 0 atom stereocenters. The van der Waals surface area contributed by atoms with Crippen LogP contribution < -0.4 is 5.32 Å². The third kappa shape index (κ3) is 3.39. The molecule has 25 heavy (non-hydrogen) atoms. The molecular weight excluding hydrogens is 377 g/mol. The molecule has 0 unspecified atom stereocenters. The van der Waals surface area contributed by atoms with Crippen LogP contribution in [0.2, 0.25) is 10.0 Å². The van der Waals surface area contributed by atoms with Gasteiger partial charge in [0.2, 0.25) is 5.88 Å². The Labute approximate surface area is 158 Å². The van der Waals surface area contributed by atoms with Gasteiger partial charge in [0.1, 0.15) is 0 Å². The Hall–Kier alpha value is -2.34. The van der Waals surface area contributed by atoms with Crippen LogP contribution in [0.1, 0.15) is 10.4 Å². The second-order valence-electron chi connectivity index (χ2n) is 5.37. The van der Waals surface area contributed by atoms with Crippen LogP contribution in [0.25, 0.3) is 11.6 Å². The van der Waals surface area contributed by atoms with Gasteiger partial charge in [-0.2, -0.15) is 4.98 Å². The molecule has 0 radical (unpaired) electrons. The maximum absolute atomic E-state index is 10.1. The molecular formula is C18H11Cl2N3OS. The van der Waals surface area contributed by atoms with E-state index in [0.29, 0.717) is 25.7 Å². The summed E-state index contributed by atoms with van der Waals surface area (Å²) in [4.78, 5) is 9.16. The lowest BCUT2D eigenvalue weighted by molar-refractivity contribution is 0.457.